The van der Waals surface area contributed by atoms with Crippen molar-refractivity contribution >= 4 is 11.8 Å². The number of benzene rings is 1. The molecule has 0 unspecified atom stereocenters. The van der Waals surface area contributed by atoms with E-state index < -0.39 is 0 Å². The van der Waals surface area contributed by atoms with E-state index in [0.717, 1.165) is 49.9 Å². The van der Waals surface area contributed by atoms with Crippen LogP contribution in [0.1, 0.15) is 61.7 Å². The second kappa shape index (κ2) is 8.03. The van der Waals surface area contributed by atoms with E-state index >= 15 is 0 Å². The van der Waals surface area contributed by atoms with Crippen molar-refractivity contribution in [3.05, 3.63) is 23.8 Å². The van der Waals surface area contributed by atoms with Crippen molar-refractivity contribution < 1.29 is 19.1 Å². The van der Waals surface area contributed by atoms with E-state index in [2.05, 4.69) is 5.32 Å². The molecular weight excluding hydrogens is 392 g/mol. The third kappa shape index (κ3) is 3.79. The molecule has 1 aromatic carbocycles. The van der Waals surface area contributed by atoms with Crippen molar-refractivity contribution in [1.82, 2.24) is 10.2 Å². The first-order chi connectivity index (χ1) is 15.0. The van der Waals surface area contributed by atoms with Gasteiger partial charge in [-0.15, -0.1) is 0 Å². The summed E-state index contributed by atoms with van der Waals surface area (Å²) in [6.45, 7) is 1.33. The molecule has 4 aliphatic carbocycles. The maximum absolute atomic E-state index is 13.3. The Morgan fingerprint density at radius 1 is 0.935 bits per heavy atom. The molecule has 0 aromatic heterocycles. The first-order valence-corrected chi connectivity index (χ1v) is 11.8. The van der Waals surface area contributed by atoms with Gasteiger partial charge >= 0.3 is 0 Å². The van der Waals surface area contributed by atoms with E-state index in [9.17, 15) is 9.59 Å². The predicted octanol–water partition coefficient (Wildman–Crippen LogP) is 3.64. The van der Waals surface area contributed by atoms with Crippen LogP contribution >= 0.6 is 0 Å². The lowest BCUT2D eigenvalue weighted by Crippen LogP contribution is -2.56. The Kier molecular flexibility index (Phi) is 5.35. The molecule has 5 fully saturated rings. The highest BCUT2D eigenvalue weighted by Gasteiger charge is 2.54. The molecular formula is C25H34N2O4. The van der Waals surface area contributed by atoms with Crippen molar-refractivity contribution in [2.45, 2.75) is 57.4 Å². The number of amides is 2. The number of hydrogen-bond donors (Lipinski definition) is 1. The molecule has 168 valence electrons. The van der Waals surface area contributed by atoms with Crippen LogP contribution in [0.4, 0.5) is 0 Å². The zero-order chi connectivity index (χ0) is 21.6. The van der Waals surface area contributed by atoms with Crippen LogP contribution in [-0.2, 0) is 4.79 Å². The van der Waals surface area contributed by atoms with Gasteiger partial charge in [0, 0.05) is 30.1 Å². The normalized spacial score (nSPS) is 32.1. The second-order valence-electron chi connectivity index (χ2n) is 10.3. The smallest absolute Gasteiger partial charge is 0.253 e. The number of carbonyl (C=O) groups excluding carboxylic acids is 2. The third-order valence-corrected chi connectivity index (χ3v) is 8.27. The summed E-state index contributed by atoms with van der Waals surface area (Å²) < 4.78 is 10.6. The predicted molar refractivity (Wildman–Crippen MR) is 117 cm³/mol. The van der Waals surface area contributed by atoms with Gasteiger partial charge in [-0.1, -0.05) is 0 Å². The minimum Gasteiger partial charge on any atom is -0.493 e. The number of rotatable bonds is 5. The zero-order valence-corrected chi connectivity index (χ0v) is 18.7. The lowest BCUT2D eigenvalue weighted by atomic mass is 9.49. The minimum absolute atomic E-state index is 0.00631. The molecule has 1 heterocycles. The minimum atomic E-state index is -0.0959. The molecule has 6 nitrogen and oxygen atoms in total. The number of methoxy groups -OCH3 is 2. The molecule has 2 amide bonds. The number of hydrogen-bond acceptors (Lipinski definition) is 4. The van der Waals surface area contributed by atoms with E-state index in [4.69, 9.17) is 9.47 Å². The summed E-state index contributed by atoms with van der Waals surface area (Å²) in [5, 5.41) is 3.40. The molecule has 6 rings (SSSR count). The highest BCUT2D eigenvalue weighted by molar-refractivity contribution is 5.95. The molecule has 4 saturated carbocycles. The van der Waals surface area contributed by atoms with E-state index in [1.54, 1.807) is 32.4 Å². The van der Waals surface area contributed by atoms with Crippen molar-refractivity contribution in [3.63, 3.8) is 0 Å². The molecule has 31 heavy (non-hydrogen) atoms. The molecule has 0 spiro atoms. The van der Waals surface area contributed by atoms with E-state index in [0.29, 0.717) is 36.1 Å². The van der Waals surface area contributed by atoms with Gasteiger partial charge in [0.25, 0.3) is 5.91 Å². The Morgan fingerprint density at radius 3 is 2.06 bits per heavy atom. The van der Waals surface area contributed by atoms with Crippen LogP contribution in [0.3, 0.4) is 0 Å². The topological polar surface area (TPSA) is 67.9 Å². The largest absolute Gasteiger partial charge is 0.493 e. The van der Waals surface area contributed by atoms with Gasteiger partial charge in [-0.05, 0) is 87.3 Å². The Bertz CT molecular complexity index is 824. The van der Waals surface area contributed by atoms with Gasteiger partial charge in [0.05, 0.1) is 14.2 Å². The van der Waals surface area contributed by atoms with Crippen molar-refractivity contribution in [2.75, 3.05) is 27.3 Å². The maximum Gasteiger partial charge on any atom is 0.253 e. The molecule has 5 aliphatic rings. The first-order valence-electron chi connectivity index (χ1n) is 11.8. The lowest BCUT2D eigenvalue weighted by Gasteiger charge is -2.56. The van der Waals surface area contributed by atoms with Crippen LogP contribution in [0.25, 0.3) is 0 Å². The summed E-state index contributed by atoms with van der Waals surface area (Å²) in [4.78, 5) is 28.2. The summed E-state index contributed by atoms with van der Waals surface area (Å²) >= 11 is 0. The van der Waals surface area contributed by atoms with Gasteiger partial charge in [0.2, 0.25) is 5.91 Å². The SMILES string of the molecule is COc1ccc(C(=O)N2CCC(NC(=O)C34CC5CC(CC(C5)C3)C4)CC2)cc1OC. The van der Waals surface area contributed by atoms with Gasteiger partial charge in [0.15, 0.2) is 11.5 Å². The average molecular weight is 427 g/mol. The van der Waals surface area contributed by atoms with Gasteiger partial charge in [0.1, 0.15) is 0 Å². The third-order valence-electron chi connectivity index (χ3n) is 8.27. The highest BCUT2D eigenvalue weighted by Crippen LogP contribution is 2.60. The summed E-state index contributed by atoms with van der Waals surface area (Å²) in [6, 6.07) is 5.46. The lowest BCUT2D eigenvalue weighted by molar-refractivity contribution is -0.147. The number of nitrogens with zero attached hydrogens (tertiary/aromatic N) is 1. The Labute approximate surface area is 184 Å². The van der Waals surface area contributed by atoms with Gasteiger partial charge in [-0.2, -0.15) is 0 Å². The van der Waals surface area contributed by atoms with E-state index in [-0.39, 0.29) is 17.4 Å². The molecule has 0 radical (unpaired) electrons. The number of ether oxygens (including phenoxy) is 2. The summed E-state index contributed by atoms with van der Waals surface area (Å²) in [5.74, 6) is 3.81. The quantitative estimate of drug-likeness (QED) is 0.781. The van der Waals surface area contributed by atoms with Crippen molar-refractivity contribution in [3.8, 4) is 11.5 Å². The monoisotopic (exact) mass is 426 g/mol. The highest BCUT2D eigenvalue weighted by atomic mass is 16.5. The van der Waals surface area contributed by atoms with Crippen LogP contribution in [-0.4, -0.2) is 50.1 Å². The molecule has 6 heteroatoms. The van der Waals surface area contributed by atoms with Gasteiger partial charge in [-0.25, -0.2) is 0 Å². The fourth-order valence-corrected chi connectivity index (χ4v) is 7.11. The molecule has 1 saturated heterocycles. The maximum atomic E-state index is 13.3. The molecule has 0 atom stereocenters. The van der Waals surface area contributed by atoms with Crippen molar-refractivity contribution in [2.24, 2.45) is 23.2 Å². The van der Waals surface area contributed by atoms with Crippen LogP contribution in [0.15, 0.2) is 18.2 Å². The van der Waals surface area contributed by atoms with Crippen LogP contribution in [0.5, 0.6) is 11.5 Å². The molecule has 4 bridgehead atoms. The Hall–Kier alpha value is -2.24. The van der Waals surface area contributed by atoms with Crippen LogP contribution < -0.4 is 14.8 Å². The van der Waals surface area contributed by atoms with Crippen LogP contribution in [0, 0.1) is 23.2 Å². The zero-order valence-electron chi connectivity index (χ0n) is 18.7. The summed E-state index contributed by atoms with van der Waals surface area (Å²) in [6.07, 6.45) is 8.98. The standard InChI is InChI=1S/C25H34N2O4/c1-30-21-4-3-19(12-22(21)31-2)23(28)27-7-5-20(6-8-27)26-24(29)25-13-16-9-17(14-25)11-18(10-16)15-25/h3-4,12,16-18,20H,5-11,13-15H2,1-2H3,(H,26,29). The van der Waals surface area contributed by atoms with E-state index in [1.807, 2.05) is 4.90 Å². The molecule has 1 aliphatic heterocycles. The Balaban J connectivity index is 1.17. The van der Waals surface area contributed by atoms with E-state index in [1.165, 1.54) is 19.3 Å². The number of carbonyl (C=O) groups is 2. The summed E-state index contributed by atoms with van der Waals surface area (Å²) in [7, 11) is 3.16. The fourth-order valence-electron chi connectivity index (χ4n) is 7.11. The molecule has 1 N–H and O–H groups in total. The number of likely N-dealkylation sites (tertiary alicyclic amines) is 1. The molecule has 1 aromatic rings. The second-order valence-corrected chi connectivity index (χ2v) is 10.3. The number of piperidine rings is 1. The van der Waals surface area contributed by atoms with Gasteiger partial charge in [-0.3, -0.25) is 9.59 Å². The van der Waals surface area contributed by atoms with Crippen LogP contribution in [0.2, 0.25) is 0 Å². The average Bonchev–Trinajstić information content (AvgIpc) is 2.77. The van der Waals surface area contributed by atoms with Gasteiger partial charge < -0.3 is 19.7 Å². The summed E-state index contributed by atoms with van der Waals surface area (Å²) in [5.41, 5.74) is 0.509. The first kappa shape index (κ1) is 20.7. The Morgan fingerprint density at radius 2 is 1.52 bits per heavy atom. The number of nitrogens with one attached hydrogen (secondary N) is 1. The van der Waals surface area contributed by atoms with Crippen molar-refractivity contribution in [1.29, 1.82) is 0 Å². The fraction of sp³-hybridized carbons (Fsp3) is 0.680.